The molecule has 1 amide bonds. The van der Waals surface area contributed by atoms with Gasteiger partial charge < -0.3 is 10.2 Å². The van der Waals surface area contributed by atoms with Gasteiger partial charge in [0.15, 0.2) is 0 Å². The van der Waals surface area contributed by atoms with Crippen molar-refractivity contribution < 1.29 is 22.0 Å². The minimum Gasteiger partial charge on any atom is -0.360 e. The van der Waals surface area contributed by atoms with Crippen LogP contribution in [0, 0.1) is 11.6 Å². The lowest BCUT2D eigenvalue weighted by Crippen LogP contribution is -2.37. The molecule has 0 atom stereocenters. The summed E-state index contributed by atoms with van der Waals surface area (Å²) in [7, 11) is -1.03. The average molecular weight is 444 g/mol. The van der Waals surface area contributed by atoms with Crippen LogP contribution in [0.4, 0.5) is 20.2 Å². The molecule has 0 spiro atoms. The standard InChI is InChI=1S/C19H20ClF2N3O3S/c1-24(2)29(27,28)17-10-14(5-6-15(17)20)23-18(26)11-25-7-3-4-12-8-13(21)9-16(22)19(12)25/h5-6,8-10H,3-4,7,11H2,1-2H3,(H,23,26). The number of carbonyl (C=O) groups is 1. The molecular weight excluding hydrogens is 424 g/mol. The van der Waals surface area contributed by atoms with Crippen molar-refractivity contribution in [3.63, 3.8) is 0 Å². The molecule has 0 radical (unpaired) electrons. The van der Waals surface area contributed by atoms with Crippen LogP contribution in [0.2, 0.25) is 5.02 Å². The molecule has 0 fully saturated rings. The molecule has 0 saturated carbocycles. The number of benzene rings is 2. The number of anilines is 2. The van der Waals surface area contributed by atoms with Gasteiger partial charge >= 0.3 is 0 Å². The number of aryl methyl sites for hydroxylation is 1. The van der Waals surface area contributed by atoms with E-state index < -0.39 is 27.6 Å². The zero-order chi connectivity index (χ0) is 21.3. The summed E-state index contributed by atoms with van der Waals surface area (Å²) in [5.74, 6) is -1.82. The zero-order valence-electron chi connectivity index (χ0n) is 15.9. The van der Waals surface area contributed by atoms with E-state index in [4.69, 9.17) is 11.6 Å². The van der Waals surface area contributed by atoms with Gasteiger partial charge in [-0.3, -0.25) is 4.79 Å². The second kappa shape index (κ2) is 8.25. The first-order valence-electron chi connectivity index (χ1n) is 8.84. The molecule has 2 aromatic carbocycles. The summed E-state index contributed by atoms with van der Waals surface area (Å²) >= 11 is 6.00. The number of sulfonamides is 1. The summed E-state index contributed by atoms with van der Waals surface area (Å²) < 4.78 is 53.5. The number of amides is 1. The maximum atomic E-state index is 14.3. The fourth-order valence-corrected chi connectivity index (χ4v) is 4.64. The monoisotopic (exact) mass is 443 g/mol. The number of hydrogen-bond donors (Lipinski definition) is 1. The molecule has 1 heterocycles. The van der Waals surface area contributed by atoms with Crippen LogP contribution in [-0.2, 0) is 21.2 Å². The Bertz CT molecular complexity index is 1060. The Hall–Kier alpha value is -2.23. The van der Waals surface area contributed by atoms with Crippen LogP contribution in [-0.4, -0.2) is 45.8 Å². The van der Waals surface area contributed by atoms with Crippen LogP contribution in [0.15, 0.2) is 35.2 Å². The van der Waals surface area contributed by atoms with Gasteiger partial charge in [-0.05, 0) is 42.7 Å². The second-order valence-corrected chi connectivity index (χ2v) is 9.43. The van der Waals surface area contributed by atoms with Gasteiger partial charge in [0.2, 0.25) is 15.9 Å². The quantitative estimate of drug-likeness (QED) is 0.770. The van der Waals surface area contributed by atoms with Gasteiger partial charge in [-0.1, -0.05) is 11.6 Å². The van der Waals surface area contributed by atoms with Crippen molar-refractivity contribution in [1.82, 2.24) is 4.31 Å². The molecule has 0 aromatic heterocycles. The molecule has 156 valence electrons. The summed E-state index contributed by atoms with van der Waals surface area (Å²) in [5.41, 5.74) is 0.990. The van der Waals surface area contributed by atoms with E-state index in [-0.39, 0.29) is 27.8 Å². The van der Waals surface area contributed by atoms with Gasteiger partial charge in [-0.2, -0.15) is 0 Å². The van der Waals surface area contributed by atoms with Crippen molar-refractivity contribution in [2.24, 2.45) is 0 Å². The maximum Gasteiger partial charge on any atom is 0.244 e. The third kappa shape index (κ3) is 4.52. The van der Waals surface area contributed by atoms with Crippen LogP contribution in [0.5, 0.6) is 0 Å². The molecule has 6 nitrogen and oxygen atoms in total. The highest BCUT2D eigenvalue weighted by Gasteiger charge is 2.25. The van der Waals surface area contributed by atoms with Crippen molar-refractivity contribution in [3.8, 4) is 0 Å². The van der Waals surface area contributed by atoms with Gasteiger partial charge in [0, 0.05) is 32.4 Å². The number of fused-ring (bicyclic) bond motifs is 1. The number of rotatable bonds is 5. The molecule has 0 unspecified atom stereocenters. The predicted octanol–water partition coefficient (Wildman–Crippen LogP) is 3.26. The van der Waals surface area contributed by atoms with E-state index in [0.717, 1.165) is 10.4 Å². The molecule has 10 heteroatoms. The van der Waals surface area contributed by atoms with E-state index in [1.54, 1.807) is 4.90 Å². The molecular formula is C19H20ClF2N3O3S. The van der Waals surface area contributed by atoms with Crippen LogP contribution in [0.25, 0.3) is 0 Å². The Kier molecular flexibility index (Phi) is 6.11. The number of nitrogens with one attached hydrogen (secondary N) is 1. The van der Waals surface area contributed by atoms with E-state index >= 15 is 0 Å². The van der Waals surface area contributed by atoms with Crippen LogP contribution in [0.3, 0.4) is 0 Å². The third-order valence-electron chi connectivity index (χ3n) is 4.61. The number of carbonyl (C=O) groups excluding carboxylic acids is 1. The van der Waals surface area contributed by atoms with Crippen LogP contribution >= 0.6 is 11.6 Å². The van der Waals surface area contributed by atoms with Gasteiger partial charge in [-0.15, -0.1) is 0 Å². The third-order valence-corrected chi connectivity index (χ3v) is 6.90. The van der Waals surface area contributed by atoms with Gasteiger partial charge in [0.05, 0.1) is 17.3 Å². The minimum atomic E-state index is -3.79. The first kappa shape index (κ1) is 21.5. The molecule has 29 heavy (non-hydrogen) atoms. The topological polar surface area (TPSA) is 69.7 Å². The lowest BCUT2D eigenvalue weighted by atomic mass is 10.0. The second-order valence-electron chi connectivity index (χ2n) is 6.90. The van der Waals surface area contributed by atoms with Crippen molar-refractivity contribution in [2.45, 2.75) is 17.7 Å². The van der Waals surface area contributed by atoms with E-state index in [2.05, 4.69) is 5.32 Å². The molecule has 3 rings (SSSR count). The van der Waals surface area contributed by atoms with E-state index in [1.807, 2.05) is 0 Å². The molecule has 2 aromatic rings. The molecule has 1 aliphatic rings. The zero-order valence-corrected chi connectivity index (χ0v) is 17.4. The van der Waals surface area contributed by atoms with Crippen molar-refractivity contribution >= 4 is 38.9 Å². The summed E-state index contributed by atoms with van der Waals surface area (Å²) in [6, 6.07) is 6.21. The smallest absolute Gasteiger partial charge is 0.244 e. The predicted molar refractivity (Wildman–Crippen MR) is 108 cm³/mol. The lowest BCUT2D eigenvalue weighted by molar-refractivity contribution is -0.115. The highest BCUT2D eigenvalue weighted by molar-refractivity contribution is 7.89. The number of halogens is 3. The normalized spacial score (nSPS) is 14.1. The van der Waals surface area contributed by atoms with E-state index in [0.29, 0.717) is 24.9 Å². The Balaban J connectivity index is 1.80. The fraction of sp³-hybridized carbons (Fsp3) is 0.316. The highest BCUT2D eigenvalue weighted by Crippen LogP contribution is 2.31. The largest absolute Gasteiger partial charge is 0.360 e. The molecule has 0 saturated heterocycles. The Morgan fingerprint density at radius 3 is 2.66 bits per heavy atom. The van der Waals surface area contributed by atoms with Crippen molar-refractivity contribution in [3.05, 3.63) is 52.6 Å². The van der Waals surface area contributed by atoms with Gasteiger partial charge in [-0.25, -0.2) is 21.5 Å². The van der Waals surface area contributed by atoms with Crippen molar-refractivity contribution in [2.75, 3.05) is 37.4 Å². The molecule has 0 aliphatic carbocycles. The Labute approximate surface area is 173 Å². The van der Waals surface area contributed by atoms with Gasteiger partial charge in [0.1, 0.15) is 16.5 Å². The molecule has 0 bridgehead atoms. The summed E-state index contributed by atoms with van der Waals surface area (Å²) in [6.07, 6.45) is 1.19. The van der Waals surface area contributed by atoms with Crippen LogP contribution < -0.4 is 10.2 Å². The summed E-state index contributed by atoms with van der Waals surface area (Å²) in [6.45, 7) is 0.289. The summed E-state index contributed by atoms with van der Waals surface area (Å²) in [5, 5.41) is 2.64. The average Bonchev–Trinajstić information content (AvgIpc) is 2.62. The summed E-state index contributed by atoms with van der Waals surface area (Å²) in [4.78, 5) is 13.9. The molecule has 1 N–H and O–H groups in total. The highest BCUT2D eigenvalue weighted by atomic mass is 35.5. The number of hydrogen-bond acceptors (Lipinski definition) is 4. The molecule has 1 aliphatic heterocycles. The van der Waals surface area contributed by atoms with Crippen LogP contribution in [0.1, 0.15) is 12.0 Å². The SMILES string of the molecule is CN(C)S(=O)(=O)c1cc(NC(=O)CN2CCCc3cc(F)cc(F)c32)ccc1Cl. The van der Waals surface area contributed by atoms with E-state index in [9.17, 15) is 22.0 Å². The first-order valence-corrected chi connectivity index (χ1v) is 10.7. The number of nitrogens with zero attached hydrogens (tertiary/aromatic N) is 2. The minimum absolute atomic E-state index is 0.0331. The fourth-order valence-electron chi connectivity index (χ4n) is 3.24. The first-order chi connectivity index (χ1) is 13.6. The lowest BCUT2D eigenvalue weighted by Gasteiger charge is -2.31. The Morgan fingerprint density at radius 2 is 1.97 bits per heavy atom. The maximum absolute atomic E-state index is 14.3. The van der Waals surface area contributed by atoms with Gasteiger partial charge in [0.25, 0.3) is 0 Å². The van der Waals surface area contributed by atoms with E-state index in [1.165, 1.54) is 38.4 Å². The Morgan fingerprint density at radius 1 is 1.24 bits per heavy atom. The van der Waals surface area contributed by atoms with Crippen molar-refractivity contribution in [1.29, 1.82) is 0 Å².